The fraction of sp³-hybridized carbons (Fsp3) is 0.308. The van der Waals surface area contributed by atoms with Crippen molar-refractivity contribution >= 4 is 38.3 Å². The van der Waals surface area contributed by atoms with Crippen molar-refractivity contribution in [2.75, 3.05) is 6.54 Å². The van der Waals surface area contributed by atoms with Crippen LogP contribution in [0.5, 0.6) is 0 Å². The number of fused-ring (bicyclic) bond motifs is 1. The molecule has 2 atom stereocenters. The number of amides is 1. The highest BCUT2D eigenvalue weighted by atomic mass is 127. The van der Waals surface area contributed by atoms with Crippen LogP contribution < -0.4 is 5.32 Å². The smallest absolute Gasteiger partial charge is 0.224 e. The third-order valence-electron chi connectivity index (χ3n) is 6.73. The molecule has 0 saturated heterocycles. The Morgan fingerprint density at radius 1 is 1.15 bits per heavy atom. The van der Waals surface area contributed by atoms with E-state index in [1.165, 1.54) is 24.3 Å². The summed E-state index contributed by atoms with van der Waals surface area (Å²) in [6, 6.07) is 14.5. The van der Waals surface area contributed by atoms with Crippen molar-refractivity contribution in [2.24, 2.45) is 5.92 Å². The van der Waals surface area contributed by atoms with Gasteiger partial charge in [-0.3, -0.25) is 9.78 Å². The highest BCUT2D eigenvalue weighted by molar-refractivity contribution is 14.1. The molecule has 1 heterocycles. The van der Waals surface area contributed by atoms with Gasteiger partial charge in [-0.25, -0.2) is 12.8 Å². The molecule has 3 aromatic rings. The minimum Gasteiger partial charge on any atom is -0.355 e. The van der Waals surface area contributed by atoms with Crippen LogP contribution in [0.25, 0.3) is 0 Å². The lowest BCUT2D eigenvalue weighted by atomic mass is 9.73. The van der Waals surface area contributed by atoms with Gasteiger partial charge in [-0.2, -0.15) is 0 Å². The number of carbonyl (C=O) groups is 1. The molecule has 1 N–H and O–H groups in total. The number of carbonyl (C=O) groups excluding carboxylic acids is 1. The van der Waals surface area contributed by atoms with Crippen molar-refractivity contribution in [1.29, 1.82) is 0 Å². The summed E-state index contributed by atoms with van der Waals surface area (Å²) in [7, 11) is -3.90. The van der Waals surface area contributed by atoms with Gasteiger partial charge in [0, 0.05) is 28.4 Å². The third kappa shape index (κ3) is 4.62. The summed E-state index contributed by atoms with van der Waals surface area (Å²) in [6.45, 7) is 2.11. The number of nitrogens with zero attached hydrogens (tertiary/aromatic N) is 1. The summed E-state index contributed by atoms with van der Waals surface area (Å²) in [6.07, 6.45) is 5.17. The number of sulfone groups is 1. The van der Waals surface area contributed by atoms with Gasteiger partial charge in [0.1, 0.15) is 10.6 Å². The van der Waals surface area contributed by atoms with E-state index in [1.807, 2.05) is 25.1 Å². The van der Waals surface area contributed by atoms with Crippen LogP contribution >= 0.6 is 22.6 Å². The molecule has 178 valence electrons. The van der Waals surface area contributed by atoms with Gasteiger partial charge in [-0.15, -0.1) is 0 Å². The zero-order valence-electron chi connectivity index (χ0n) is 18.8. The molecule has 0 radical (unpaired) electrons. The molecule has 1 amide bonds. The SMILES string of the molecule is CCC1(S(=O)(=O)c2ccc(F)cc2)c2ccc(I)cc2CCC1CNC(=O)Cc1ccncc1. The Balaban J connectivity index is 1.72. The van der Waals surface area contributed by atoms with Gasteiger partial charge in [0.2, 0.25) is 5.91 Å². The largest absolute Gasteiger partial charge is 0.355 e. The fourth-order valence-electron chi connectivity index (χ4n) is 5.07. The summed E-state index contributed by atoms with van der Waals surface area (Å²) < 4.78 is 41.8. The Kier molecular flexibility index (Phi) is 7.37. The molecule has 2 unspecified atom stereocenters. The fourth-order valence-corrected chi connectivity index (χ4v) is 8.05. The number of hydrogen-bond acceptors (Lipinski definition) is 4. The van der Waals surface area contributed by atoms with Gasteiger partial charge in [0.25, 0.3) is 0 Å². The Bertz CT molecular complexity index is 1280. The monoisotopic (exact) mass is 592 g/mol. The number of hydrogen-bond donors (Lipinski definition) is 1. The molecule has 2 aromatic carbocycles. The molecular formula is C26H26FIN2O3S. The van der Waals surface area contributed by atoms with Gasteiger partial charge in [0.15, 0.2) is 9.84 Å². The molecule has 0 fully saturated rings. The Morgan fingerprint density at radius 2 is 1.85 bits per heavy atom. The van der Waals surface area contributed by atoms with Crippen LogP contribution in [0.1, 0.15) is 36.5 Å². The second-order valence-electron chi connectivity index (χ2n) is 8.57. The maximum absolute atomic E-state index is 14.2. The van der Waals surface area contributed by atoms with E-state index < -0.39 is 20.4 Å². The van der Waals surface area contributed by atoms with E-state index in [2.05, 4.69) is 32.9 Å². The first-order chi connectivity index (χ1) is 16.3. The van der Waals surface area contributed by atoms with Crippen molar-refractivity contribution in [3.05, 3.63) is 93.1 Å². The van der Waals surface area contributed by atoms with E-state index in [1.54, 1.807) is 24.5 Å². The van der Waals surface area contributed by atoms with E-state index in [4.69, 9.17) is 0 Å². The normalized spacial score (nSPS) is 19.9. The van der Waals surface area contributed by atoms with Crippen LogP contribution in [-0.2, 0) is 32.2 Å². The van der Waals surface area contributed by atoms with Gasteiger partial charge in [0.05, 0.1) is 11.3 Å². The summed E-state index contributed by atoms with van der Waals surface area (Å²) in [5, 5.41) is 2.98. The van der Waals surface area contributed by atoms with Crippen molar-refractivity contribution in [3.8, 4) is 0 Å². The third-order valence-corrected chi connectivity index (χ3v) is 10.1. The van der Waals surface area contributed by atoms with Crippen LogP contribution in [0.4, 0.5) is 4.39 Å². The van der Waals surface area contributed by atoms with E-state index in [0.29, 0.717) is 12.8 Å². The lowest BCUT2D eigenvalue weighted by Gasteiger charge is -2.44. The molecule has 1 aliphatic rings. The average Bonchev–Trinajstić information content (AvgIpc) is 2.83. The standard InChI is InChI=1S/C26H26FIN2O3S/c1-2-26(34(32,33)23-8-5-21(27)6-9-23)20(4-3-19-16-22(28)7-10-24(19)26)17-30-25(31)15-18-11-13-29-14-12-18/h5-14,16,20H,2-4,15,17H2,1H3,(H,30,31). The number of nitrogens with one attached hydrogen (secondary N) is 1. The summed E-state index contributed by atoms with van der Waals surface area (Å²) in [5.41, 5.74) is 2.63. The maximum atomic E-state index is 14.2. The lowest BCUT2D eigenvalue weighted by Crippen LogP contribution is -2.50. The van der Waals surface area contributed by atoms with E-state index in [0.717, 1.165) is 26.7 Å². The molecule has 1 aromatic heterocycles. The maximum Gasteiger partial charge on any atom is 0.224 e. The lowest BCUT2D eigenvalue weighted by molar-refractivity contribution is -0.120. The molecule has 1 aliphatic carbocycles. The van der Waals surface area contributed by atoms with Crippen molar-refractivity contribution in [3.63, 3.8) is 0 Å². The molecule has 0 bridgehead atoms. The minimum absolute atomic E-state index is 0.0928. The Hall–Kier alpha value is -2.33. The number of rotatable bonds is 7. The van der Waals surface area contributed by atoms with Crippen LogP contribution in [-0.4, -0.2) is 25.9 Å². The molecule has 4 rings (SSSR count). The van der Waals surface area contributed by atoms with E-state index in [9.17, 15) is 17.6 Å². The first kappa shape index (κ1) is 24.8. The number of pyridine rings is 1. The van der Waals surface area contributed by atoms with Crippen molar-refractivity contribution < 1.29 is 17.6 Å². The molecule has 0 spiro atoms. The van der Waals surface area contributed by atoms with Gasteiger partial charge >= 0.3 is 0 Å². The van der Waals surface area contributed by atoms with Crippen LogP contribution in [0.3, 0.4) is 0 Å². The highest BCUT2D eigenvalue weighted by Gasteiger charge is 2.53. The van der Waals surface area contributed by atoms with Gasteiger partial charge < -0.3 is 5.32 Å². The Labute approximate surface area is 213 Å². The van der Waals surface area contributed by atoms with Crippen LogP contribution in [0, 0.1) is 15.3 Å². The number of benzene rings is 2. The van der Waals surface area contributed by atoms with Crippen molar-refractivity contribution in [1.82, 2.24) is 10.3 Å². The second kappa shape index (κ2) is 10.1. The van der Waals surface area contributed by atoms with E-state index in [-0.39, 0.29) is 29.7 Å². The Morgan fingerprint density at radius 3 is 2.53 bits per heavy atom. The second-order valence-corrected chi connectivity index (χ2v) is 12.0. The number of aryl methyl sites for hydroxylation is 1. The zero-order valence-corrected chi connectivity index (χ0v) is 21.8. The topological polar surface area (TPSA) is 76.1 Å². The number of halogens is 2. The predicted octanol–water partition coefficient (Wildman–Crippen LogP) is 4.83. The van der Waals surface area contributed by atoms with Crippen LogP contribution in [0.2, 0.25) is 0 Å². The summed E-state index contributed by atoms with van der Waals surface area (Å²) in [5.74, 6) is -0.978. The molecule has 34 heavy (non-hydrogen) atoms. The number of aromatic nitrogens is 1. The summed E-state index contributed by atoms with van der Waals surface area (Å²) in [4.78, 5) is 16.7. The van der Waals surface area contributed by atoms with Gasteiger partial charge in [-0.1, -0.05) is 13.0 Å². The predicted molar refractivity (Wildman–Crippen MR) is 137 cm³/mol. The first-order valence-corrected chi connectivity index (χ1v) is 13.8. The average molecular weight is 592 g/mol. The molecule has 5 nitrogen and oxygen atoms in total. The molecule has 8 heteroatoms. The molecule has 0 aliphatic heterocycles. The van der Waals surface area contributed by atoms with Gasteiger partial charge in [-0.05, 0) is 107 Å². The van der Waals surface area contributed by atoms with Crippen LogP contribution in [0.15, 0.2) is 71.9 Å². The quantitative estimate of drug-likeness (QED) is 0.315. The first-order valence-electron chi connectivity index (χ1n) is 11.2. The highest BCUT2D eigenvalue weighted by Crippen LogP contribution is 2.50. The van der Waals surface area contributed by atoms with Crippen molar-refractivity contribution in [2.45, 2.75) is 42.2 Å². The molecule has 0 saturated carbocycles. The summed E-state index contributed by atoms with van der Waals surface area (Å²) >= 11 is 2.23. The molecular weight excluding hydrogens is 566 g/mol. The minimum atomic E-state index is -3.90. The zero-order chi connectivity index (χ0) is 24.3. The van der Waals surface area contributed by atoms with E-state index >= 15 is 0 Å².